The molecule has 1 unspecified atom stereocenters. The van der Waals surface area contributed by atoms with Crippen LogP contribution in [0.4, 0.5) is 4.79 Å². The molecule has 1 atom stereocenters. The zero-order valence-corrected chi connectivity index (χ0v) is 14.9. The van der Waals surface area contributed by atoms with Crippen LogP contribution in [0, 0.1) is 6.92 Å². The predicted molar refractivity (Wildman–Crippen MR) is 93.2 cm³/mol. The van der Waals surface area contributed by atoms with E-state index in [4.69, 9.17) is 9.26 Å². The summed E-state index contributed by atoms with van der Waals surface area (Å²) < 4.78 is 10.2. The lowest BCUT2D eigenvalue weighted by molar-refractivity contribution is -0.141. The first-order valence-electron chi connectivity index (χ1n) is 8.69. The minimum atomic E-state index is -0.462. The number of hydrogen-bond donors (Lipinski definition) is 1. The van der Waals surface area contributed by atoms with Crippen LogP contribution in [0.3, 0.4) is 0 Å². The van der Waals surface area contributed by atoms with E-state index in [2.05, 4.69) is 15.5 Å². The highest BCUT2D eigenvalue weighted by Gasteiger charge is 2.34. The summed E-state index contributed by atoms with van der Waals surface area (Å²) in [6, 6.07) is 7.20. The zero-order valence-electron chi connectivity index (χ0n) is 14.9. The average molecular weight is 358 g/mol. The molecule has 0 radical (unpaired) electrons. The number of aromatic nitrogens is 2. The number of benzene rings is 1. The predicted octanol–water partition coefficient (Wildman–Crippen LogP) is 2.45. The topological polar surface area (TPSA) is 97.6 Å². The Balaban J connectivity index is 1.67. The molecule has 8 nitrogen and oxygen atoms in total. The van der Waals surface area contributed by atoms with Crippen molar-refractivity contribution >= 4 is 12.0 Å². The van der Waals surface area contributed by atoms with E-state index in [0.29, 0.717) is 18.3 Å². The largest absolute Gasteiger partial charge is 0.465 e. The first-order chi connectivity index (χ1) is 12.6. The van der Waals surface area contributed by atoms with Crippen LogP contribution in [0.25, 0.3) is 11.4 Å². The summed E-state index contributed by atoms with van der Waals surface area (Å²) in [5.41, 5.74) is 2.01. The molecule has 1 N–H and O–H groups in total. The number of urea groups is 1. The Morgan fingerprint density at radius 2 is 2.12 bits per heavy atom. The molecule has 0 spiro atoms. The number of carbonyl (C=O) groups is 2. The first kappa shape index (κ1) is 17.9. The fourth-order valence-corrected chi connectivity index (χ4v) is 2.92. The summed E-state index contributed by atoms with van der Waals surface area (Å²) >= 11 is 0. The molecule has 2 aromatic rings. The van der Waals surface area contributed by atoms with Gasteiger partial charge in [-0.05, 0) is 26.7 Å². The molecule has 1 aromatic carbocycles. The van der Waals surface area contributed by atoms with Gasteiger partial charge < -0.3 is 19.5 Å². The SMILES string of the molecule is CCOC(=O)CNC(=O)N1CCCC1c1nc(-c2ccc(C)cc2)no1. The Kier molecular flexibility index (Phi) is 5.50. The van der Waals surface area contributed by atoms with Crippen LogP contribution in [0.15, 0.2) is 28.8 Å². The van der Waals surface area contributed by atoms with Gasteiger partial charge in [-0.15, -0.1) is 0 Å². The summed E-state index contributed by atoms with van der Waals surface area (Å²) in [6.07, 6.45) is 1.57. The second-order valence-electron chi connectivity index (χ2n) is 6.14. The third kappa shape index (κ3) is 4.01. The minimum Gasteiger partial charge on any atom is -0.465 e. The van der Waals surface area contributed by atoms with Crippen LogP contribution in [0.2, 0.25) is 0 Å². The highest BCUT2D eigenvalue weighted by atomic mass is 16.5. The van der Waals surface area contributed by atoms with Crippen molar-refractivity contribution in [2.24, 2.45) is 0 Å². The molecule has 1 aliphatic rings. The van der Waals surface area contributed by atoms with Gasteiger partial charge in [0, 0.05) is 12.1 Å². The number of likely N-dealkylation sites (tertiary alicyclic amines) is 1. The Morgan fingerprint density at radius 1 is 1.35 bits per heavy atom. The lowest BCUT2D eigenvalue weighted by atomic mass is 10.1. The highest BCUT2D eigenvalue weighted by Crippen LogP contribution is 2.32. The second-order valence-corrected chi connectivity index (χ2v) is 6.14. The molecule has 2 amide bonds. The molecule has 138 valence electrons. The van der Waals surface area contributed by atoms with E-state index in [0.717, 1.165) is 24.0 Å². The maximum atomic E-state index is 12.4. The van der Waals surface area contributed by atoms with Crippen molar-refractivity contribution in [3.05, 3.63) is 35.7 Å². The summed E-state index contributed by atoms with van der Waals surface area (Å²) in [4.78, 5) is 29.8. The Bertz CT molecular complexity index is 772. The van der Waals surface area contributed by atoms with Crippen LogP contribution in [0.5, 0.6) is 0 Å². The lowest BCUT2D eigenvalue weighted by Gasteiger charge is -2.21. The minimum absolute atomic E-state index is 0.158. The number of esters is 1. The first-order valence-corrected chi connectivity index (χ1v) is 8.69. The molecule has 26 heavy (non-hydrogen) atoms. The number of aryl methyl sites for hydroxylation is 1. The molecule has 3 rings (SSSR count). The van der Waals surface area contributed by atoms with Gasteiger partial charge in [-0.3, -0.25) is 4.79 Å². The van der Waals surface area contributed by atoms with Crippen molar-refractivity contribution in [3.63, 3.8) is 0 Å². The van der Waals surface area contributed by atoms with Gasteiger partial charge in [-0.2, -0.15) is 4.98 Å². The van der Waals surface area contributed by atoms with Gasteiger partial charge in [-0.1, -0.05) is 35.0 Å². The standard InChI is InChI=1S/C18H22N4O4/c1-3-25-15(23)11-19-18(24)22-10-4-5-14(22)17-20-16(21-26-17)13-8-6-12(2)7-9-13/h6-9,14H,3-5,10-11H2,1-2H3,(H,19,24). The smallest absolute Gasteiger partial charge is 0.325 e. The Morgan fingerprint density at radius 3 is 2.85 bits per heavy atom. The molecule has 2 heterocycles. The van der Waals surface area contributed by atoms with Crippen LogP contribution in [-0.2, 0) is 9.53 Å². The number of carbonyl (C=O) groups excluding carboxylic acids is 2. The van der Waals surface area contributed by atoms with Crippen LogP contribution < -0.4 is 5.32 Å². The quantitative estimate of drug-likeness (QED) is 0.825. The molecule has 1 aromatic heterocycles. The Hall–Kier alpha value is -2.90. The van der Waals surface area contributed by atoms with Gasteiger partial charge in [0.2, 0.25) is 11.7 Å². The monoisotopic (exact) mass is 358 g/mol. The average Bonchev–Trinajstić information content (AvgIpc) is 3.29. The lowest BCUT2D eigenvalue weighted by Crippen LogP contribution is -2.42. The van der Waals surface area contributed by atoms with E-state index >= 15 is 0 Å². The molecule has 1 aliphatic heterocycles. The van der Waals surface area contributed by atoms with Crippen molar-refractivity contribution in [3.8, 4) is 11.4 Å². The van der Waals surface area contributed by atoms with E-state index in [1.165, 1.54) is 0 Å². The van der Waals surface area contributed by atoms with Crippen molar-refractivity contribution in [2.45, 2.75) is 32.7 Å². The maximum absolute atomic E-state index is 12.4. The van der Waals surface area contributed by atoms with Gasteiger partial charge in [0.05, 0.1) is 6.61 Å². The van der Waals surface area contributed by atoms with E-state index in [-0.39, 0.29) is 25.2 Å². The number of hydrogen-bond acceptors (Lipinski definition) is 6. The van der Waals surface area contributed by atoms with Crippen LogP contribution >= 0.6 is 0 Å². The molecule has 8 heteroatoms. The molecule has 0 aliphatic carbocycles. The zero-order chi connectivity index (χ0) is 18.5. The van der Waals surface area contributed by atoms with Crippen LogP contribution in [-0.4, -0.2) is 46.7 Å². The van der Waals surface area contributed by atoms with Gasteiger partial charge in [0.15, 0.2) is 0 Å². The summed E-state index contributed by atoms with van der Waals surface area (Å²) in [7, 11) is 0. The fourth-order valence-electron chi connectivity index (χ4n) is 2.92. The fraction of sp³-hybridized carbons (Fsp3) is 0.444. The molecular weight excluding hydrogens is 336 g/mol. The third-order valence-electron chi connectivity index (χ3n) is 4.24. The molecule has 0 saturated carbocycles. The normalized spacial score (nSPS) is 16.5. The van der Waals surface area contributed by atoms with E-state index in [9.17, 15) is 9.59 Å². The molecule has 0 bridgehead atoms. The number of nitrogens with zero attached hydrogens (tertiary/aromatic N) is 3. The number of ether oxygens (including phenoxy) is 1. The van der Waals surface area contributed by atoms with Gasteiger partial charge in [-0.25, -0.2) is 4.79 Å². The van der Waals surface area contributed by atoms with Gasteiger partial charge >= 0.3 is 12.0 Å². The molecule has 1 saturated heterocycles. The second kappa shape index (κ2) is 7.99. The molecule has 1 fully saturated rings. The number of amides is 2. The van der Waals surface area contributed by atoms with Crippen molar-refractivity contribution in [2.75, 3.05) is 19.7 Å². The van der Waals surface area contributed by atoms with Gasteiger partial charge in [0.25, 0.3) is 0 Å². The van der Waals surface area contributed by atoms with E-state index < -0.39 is 5.97 Å². The molecular formula is C18H22N4O4. The summed E-state index contributed by atoms with van der Waals surface area (Å²) in [5, 5.41) is 6.61. The van der Waals surface area contributed by atoms with Crippen molar-refractivity contribution < 1.29 is 18.8 Å². The Labute approximate surface area is 151 Å². The number of rotatable bonds is 5. The van der Waals surface area contributed by atoms with E-state index in [1.807, 2.05) is 31.2 Å². The third-order valence-corrected chi connectivity index (χ3v) is 4.24. The summed E-state index contributed by atoms with van der Waals surface area (Å²) in [5.74, 6) is 0.444. The highest BCUT2D eigenvalue weighted by molar-refractivity contribution is 5.81. The number of nitrogens with one attached hydrogen (secondary N) is 1. The van der Waals surface area contributed by atoms with Gasteiger partial charge in [0.1, 0.15) is 12.6 Å². The van der Waals surface area contributed by atoms with E-state index in [1.54, 1.807) is 11.8 Å². The summed E-state index contributed by atoms with van der Waals surface area (Å²) in [6.45, 7) is 4.43. The van der Waals surface area contributed by atoms with Crippen LogP contribution in [0.1, 0.15) is 37.3 Å². The maximum Gasteiger partial charge on any atom is 0.325 e. The van der Waals surface area contributed by atoms with Crippen molar-refractivity contribution in [1.82, 2.24) is 20.4 Å². The van der Waals surface area contributed by atoms with Crippen molar-refractivity contribution in [1.29, 1.82) is 0 Å².